The average Bonchev–Trinajstić information content (AvgIpc) is 2.60. The number of nitrogens with two attached hydrogens (primary N) is 1. The molecule has 0 aliphatic heterocycles. The van der Waals surface area contributed by atoms with Gasteiger partial charge in [0.1, 0.15) is 5.75 Å². The summed E-state index contributed by atoms with van der Waals surface area (Å²) in [7, 11) is 0. The summed E-state index contributed by atoms with van der Waals surface area (Å²) in [6.07, 6.45) is 0. The lowest BCUT2D eigenvalue weighted by Gasteiger charge is -2.24. The van der Waals surface area contributed by atoms with Gasteiger partial charge < -0.3 is 10.5 Å². The largest absolute Gasteiger partial charge is 0.454 e. The van der Waals surface area contributed by atoms with Crippen LogP contribution in [0, 0.1) is 0 Å². The number of hydrogen-bond acceptors (Lipinski definition) is 2. The lowest BCUT2D eigenvalue weighted by molar-refractivity contribution is 0.256. The summed E-state index contributed by atoms with van der Waals surface area (Å²) in [6, 6.07) is 18.0. The first-order valence-corrected chi connectivity index (χ1v) is 8.67. The fourth-order valence-electron chi connectivity index (χ4n) is 2.40. The van der Waals surface area contributed by atoms with E-state index in [4.69, 9.17) is 45.3 Å². The molecule has 0 atom stereocenters. The molecule has 0 saturated carbocycles. The molecule has 0 unspecified atom stereocenters. The molecule has 0 heterocycles. The van der Waals surface area contributed by atoms with Crippen LogP contribution in [-0.4, -0.2) is 6.03 Å². The number of carbonyl (C=O) groups excluding carboxylic acids is 1. The third-order valence-corrected chi connectivity index (χ3v) is 4.38. The van der Waals surface area contributed by atoms with E-state index in [1.54, 1.807) is 66.7 Å². The maximum absolute atomic E-state index is 12.2. The number of rotatable bonds is 4. The SMILES string of the molecule is NC(=O)N(c1ccccc1Cl)c1ccccc1Oc1ccc(Cl)cc1Cl. The number of primary amides is 1. The van der Waals surface area contributed by atoms with Crippen molar-refractivity contribution in [1.82, 2.24) is 0 Å². The second-order valence-corrected chi connectivity index (χ2v) is 6.52. The van der Waals surface area contributed by atoms with Gasteiger partial charge in [-0.3, -0.25) is 4.90 Å². The van der Waals surface area contributed by atoms with Crippen molar-refractivity contribution in [3.8, 4) is 11.5 Å². The predicted octanol–water partition coefficient (Wildman–Crippen LogP) is 6.66. The number of hydrogen-bond donors (Lipinski definition) is 1. The van der Waals surface area contributed by atoms with Crippen LogP contribution in [0.1, 0.15) is 0 Å². The fraction of sp³-hybridized carbons (Fsp3) is 0. The zero-order valence-electron chi connectivity index (χ0n) is 13.3. The number of carbonyl (C=O) groups is 1. The molecule has 0 aromatic heterocycles. The second kappa shape index (κ2) is 7.87. The summed E-state index contributed by atoms with van der Waals surface area (Å²) >= 11 is 18.3. The molecule has 3 aromatic rings. The molecule has 0 saturated heterocycles. The highest BCUT2D eigenvalue weighted by Gasteiger charge is 2.21. The maximum atomic E-state index is 12.2. The highest BCUT2D eigenvalue weighted by atomic mass is 35.5. The van der Waals surface area contributed by atoms with Crippen LogP contribution in [0.3, 0.4) is 0 Å². The first-order valence-electron chi connectivity index (χ1n) is 7.53. The van der Waals surface area contributed by atoms with Gasteiger partial charge in [-0.05, 0) is 42.5 Å². The third kappa shape index (κ3) is 3.88. The summed E-state index contributed by atoms with van der Waals surface area (Å²) in [5, 5.41) is 1.21. The average molecular weight is 408 g/mol. The van der Waals surface area contributed by atoms with Gasteiger partial charge in [0.25, 0.3) is 0 Å². The Labute approximate surface area is 165 Å². The second-order valence-electron chi connectivity index (χ2n) is 5.27. The molecule has 0 aliphatic rings. The normalized spacial score (nSPS) is 10.4. The van der Waals surface area contributed by atoms with Crippen molar-refractivity contribution >= 4 is 52.2 Å². The van der Waals surface area contributed by atoms with Gasteiger partial charge in [0.2, 0.25) is 0 Å². The molecule has 0 aliphatic carbocycles. The fourth-order valence-corrected chi connectivity index (χ4v) is 3.07. The number of anilines is 2. The van der Waals surface area contributed by atoms with E-state index in [1.807, 2.05) is 0 Å². The number of benzene rings is 3. The van der Waals surface area contributed by atoms with Gasteiger partial charge in [0, 0.05) is 5.02 Å². The van der Waals surface area contributed by atoms with Crippen LogP contribution in [0.2, 0.25) is 15.1 Å². The third-order valence-electron chi connectivity index (χ3n) is 3.53. The lowest BCUT2D eigenvalue weighted by Crippen LogP contribution is -2.31. The molecule has 132 valence electrons. The Morgan fingerprint density at radius 2 is 1.46 bits per heavy atom. The van der Waals surface area contributed by atoms with Crippen molar-refractivity contribution in [3.63, 3.8) is 0 Å². The predicted molar refractivity (Wildman–Crippen MR) is 106 cm³/mol. The van der Waals surface area contributed by atoms with Crippen molar-refractivity contribution in [2.45, 2.75) is 0 Å². The summed E-state index contributed by atoms with van der Waals surface area (Å²) in [5.41, 5.74) is 6.49. The molecular formula is C19H13Cl3N2O2. The molecule has 26 heavy (non-hydrogen) atoms. The molecule has 4 nitrogen and oxygen atoms in total. The van der Waals surface area contributed by atoms with E-state index in [9.17, 15) is 4.79 Å². The van der Waals surface area contributed by atoms with Crippen LogP contribution in [0.5, 0.6) is 11.5 Å². The quantitative estimate of drug-likeness (QED) is 0.526. The van der Waals surface area contributed by atoms with Gasteiger partial charge in [0.15, 0.2) is 5.75 Å². The molecule has 3 rings (SSSR count). The molecule has 0 spiro atoms. The Balaban J connectivity index is 2.07. The van der Waals surface area contributed by atoms with Crippen LogP contribution < -0.4 is 15.4 Å². The van der Waals surface area contributed by atoms with Crippen LogP contribution in [0.4, 0.5) is 16.2 Å². The number of nitrogens with zero attached hydrogens (tertiary/aromatic N) is 1. The number of amides is 2. The molecule has 7 heteroatoms. The Morgan fingerprint density at radius 3 is 2.12 bits per heavy atom. The van der Waals surface area contributed by atoms with E-state index >= 15 is 0 Å². The van der Waals surface area contributed by atoms with Crippen molar-refractivity contribution in [1.29, 1.82) is 0 Å². The van der Waals surface area contributed by atoms with E-state index in [2.05, 4.69) is 0 Å². The van der Waals surface area contributed by atoms with E-state index in [0.29, 0.717) is 37.9 Å². The van der Waals surface area contributed by atoms with Crippen LogP contribution in [0.15, 0.2) is 66.7 Å². The van der Waals surface area contributed by atoms with Crippen molar-refractivity contribution < 1.29 is 9.53 Å². The van der Waals surface area contributed by atoms with Crippen molar-refractivity contribution in [2.24, 2.45) is 5.73 Å². The summed E-state index contributed by atoms with van der Waals surface area (Å²) < 4.78 is 5.90. The van der Waals surface area contributed by atoms with Gasteiger partial charge in [0.05, 0.1) is 21.4 Å². The molecule has 2 N–H and O–H groups in total. The maximum Gasteiger partial charge on any atom is 0.324 e. The van der Waals surface area contributed by atoms with Gasteiger partial charge in [-0.15, -0.1) is 0 Å². The van der Waals surface area contributed by atoms with Crippen molar-refractivity contribution in [2.75, 3.05) is 4.90 Å². The summed E-state index contributed by atoms with van der Waals surface area (Å²) in [6.45, 7) is 0. The van der Waals surface area contributed by atoms with E-state index < -0.39 is 6.03 Å². The Kier molecular flexibility index (Phi) is 5.57. The molecular weight excluding hydrogens is 395 g/mol. The monoisotopic (exact) mass is 406 g/mol. The number of ether oxygens (including phenoxy) is 1. The van der Waals surface area contributed by atoms with Crippen LogP contribution in [-0.2, 0) is 0 Å². The van der Waals surface area contributed by atoms with E-state index in [0.717, 1.165) is 0 Å². The Morgan fingerprint density at radius 1 is 0.808 bits per heavy atom. The standard InChI is InChI=1S/C19H13Cl3N2O2/c20-12-9-10-17(14(22)11-12)26-18-8-4-3-7-16(18)24(19(23)25)15-6-2-1-5-13(15)21/h1-11H,(H2,23,25). The minimum absolute atomic E-state index is 0.343. The lowest BCUT2D eigenvalue weighted by atomic mass is 10.2. The number of para-hydroxylation sites is 3. The molecule has 0 fully saturated rings. The topological polar surface area (TPSA) is 55.6 Å². The Hall–Kier alpha value is -2.40. The van der Waals surface area contributed by atoms with Gasteiger partial charge >= 0.3 is 6.03 Å². The van der Waals surface area contributed by atoms with E-state index in [1.165, 1.54) is 4.90 Å². The minimum atomic E-state index is -0.698. The van der Waals surface area contributed by atoms with Crippen molar-refractivity contribution in [3.05, 3.63) is 81.8 Å². The molecule has 0 radical (unpaired) electrons. The van der Waals surface area contributed by atoms with E-state index in [-0.39, 0.29) is 0 Å². The van der Waals surface area contributed by atoms with Crippen LogP contribution in [0.25, 0.3) is 0 Å². The number of halogens is 3. The highest BCUT2D eigenvalue weighted by molar-refractivity contribution is 6.35. The first-order chi connectivity index (χ1) is 12.5. The molecule has 2 amide bonds. The van der Waals surface area contributed by atoms with Gasteiger partial charge in [-0.1, -0.05) is 59.1 Å². The smallest absolute Gasteiger partial charge is 0.324 e. The van der Waals surface area contributed by atoms with Gasteiger partial charge in [-0.25, -0.2) is 4.79 Å². The molecule has 0 bridgehead atoms. The first kappa shape index (κ1) is 18.4. The summed E-state index contributed by atoms with van der Waals surface area (Å²) in [4.78, 5) is 13.4. The Bertz CT molecular complexity index is 963. The molecule has 3 aromatic carbocycles. The van der Waals surface area contributed by atoms with Crippen LogP contribution >= 0.6 is 34.8 Å². The van der Waals surface area contributed by atoms with Gasteiger partial charge in [-0.2, -0.15) is 0 Å². The highest BCUT2D eigenvalue weighted by Crippen LogP contribution is 2.40. The minimum Gasteiger partial charge on any atom is -0.454 e. The number of urea groups is 1. The summed E-state index contributed by atoms with van der Waals surface area (Å²) in [5.74, 6) is 0.780. The zero-order chi connectivity index (χ0) is 18.7. The zero-order valence-corrected chi connectivity index (χ0v) is 15.6.